The second kappa shape index (κ2) is 5.57. The van der Waals surface area contributed by atoms with Crippen molar-refractivity contribution in [2.45, 2.75) is 38.5 Å². The fraction of sp³-hybridized carbons (Fsp3) is 0.846. The Bertz CT molecular complexity index is 498. The molecule has 1 aliphatic carbocycles. The summed E-state index contributed by atoms with van der Waals surface area (Å²) in [7, 11) is 0. The van der Waals surface area contributed by atoms with Crippen molar-refractivity contribution < 1.29 is 13.2 Å². The lowest BCUT2D eigenvalue weighted by Crippen LogP contribution is -2.39. The number of aromatic nitrogens is 3. The highest BCUT2D eigenvalue weighted by Gasteiger charge is 2.39. The Hall–Kier alpha value is -1.15. The molecule has 2 unspecified atom stereocenters. The van der Waals surface area contributed by atoms with Gasteiger partial charge in [-0.15, -0.1) is 10.2 Å². The molecular formula is C13H20F3N5. The number of nitrogens with two attached hydrogens (primary N) is 1. The van der Waals surface area contributed by atoms with Crippen LogP contribution in [0.25, 0.3) is 0 Å². The molecule has 5 nitrogen and oxygen atoms in total. The second-order valence-corrected chi connectivity index (χ2v) is 6.01. The van der Waals surface area contributed by atoms with Gasteiger partial charge in [0.2, 0.25) is 5.82 Å². The highest BCUT2D eigenvalue weighted by Crippen LogP contribution is 2.33. The van der Waals surface area contributed by atoms with Crippen LogP contribution in [0.4, 0.5) is 13.2 Å². The number of alkyl halides is 3. The van der Waals surface area contributed by atoms with Gasteiger partial charge in [0, 0.05) is 19.6 Å². The van der Waals surface area contributed by atoms with Gasteiger partial charge in [0.05, 0.1) is 6.54 Å². The summed E-state index contributed by atoms with van der Waals surface area (Å²) < 4.78 is 39.5. The van der Waals surface area contributed by atoms with Crippen molar-refractivity contribution in [1.29, 1.82) is 0 Å². The SMILES string of the molecule is NCC1CCCC1CN1CCn2c(nnc2C(F)(F)F)C1. The van der Waals surface area contributed by atoms with E-state index in [2.05, 4.69) is 15.1 Å². The van der Waals surface area contributed by atoms with E-state index in [1.807, 2.05) is 0 Å². The van der Waals surface area contributed by atoms with Crippen LogP contribution in [0, 0.1) is 11.8 Å². The van der Waals surface area contributed by atoms with Crippen LogP contribution in [0.1, 0.15) is 30.9 Å². The molecule has 1 aliphatic heterocycles. The van der Waals surface area contributed by atoms with Crippen molar-refractivity contribution in [3.05, 3.63) is 11.6 Å². The maximum Gasteiger partial charge on any atom is 0.451 e. The van der Waals surface area contributed by atoms with Gasteiger partial charge >= 0.3 is 6.18 Å². The molecule has 0 radical (unpaired) electrons. The first-order valence-electron chi connectivity index (χ1n) is 7.40. The Labute approximate surface area is 121 Å². The molecule has 0 bridgehead atoms. The van der Waals surface area contributed by atoms with Crippen molar-refractivity contribution in [2.24, 2.45) is 17.6 Å². The summed E-state index contributed by atoms with van der Waals surface area (Å²) in [5.41, 5.74) is 5.79. The van der Waals surface area contributed by atoms with Crippen LogP contribution in [0.15, 0.2) is 0 Å². The molecule has 1 aromatic heterocycles. The summed E-state index contributed by atoms with van der Waals surface area (Å²) in [5.74, 6) is 0.649. The summed E-state index contributed by atoms with van der Waals surface area (Å²) >= 11 is 0. The third kappa shape index (κ3) is 2.91. The van der Waals surface area contributed by atoms with E-state index in [1.165, 1.54) is 23.8 Å². The third-order valence-corrected chi connectivity index (χ3v) is 4.70. The lowest BCUT2D eigenvalue weighted by atomic mass is 9.95. The van der Waals surface area contributed by atoms with E-state index in [9.17, 15) is 13.2 Å². The van der Waals surface area contributed by atoms with Crippen LogP contribution in [0.3, 0.4) is 0 Å². The Morgan fingerprint density at radius 1 is 1.14 bits per heavy atom. The van der Waals surface area contributed by atoms with E-state index in [-0.39, 0.29) is 0 Å². The first kappa shape index (κ1) is 14.8. The summed E-state index contributed by atoms with van der Waals surface area (Å²) in [6, 6.07) is 0. The number of fused-ring (bicyclic) bond motifs is 1. The van der Waals surface area contributed by atoms with Crippen LogP contribution in [-0.4, -0.2) is 39.3 Å². The maximum atomic E-state index is 12.8. The molecule has 1 fully saturated rings. The van der Waals surface area contributed by atoms with Crippen molar-refractivity contribution in [3.8, 4) is 0 Å². The molecule has 21 heavy (non-hydrogen) atoms. The minimum absolute atomic E-state index is 0.303. The summed E-state index contributed by atoms with van der Waals surface area (Å²) in [4.78, 5) is 2.18. The molecule has 2 heterocycles. The molecule has 1 saturated carbocycles. The molecule has 0 spiro atoms. The molecule has 2 atom stereocenters. The number of nitrogens with zero attached hydrogens (tertiary/aromatic N) is 4. The van der Waals surface area contributed by atoms with Gasteiger partial charge in [-0.3, -0.25) is 4.90 Å². The molecule has 3 rings (SSSR count). The first-order valence-corrected chi connectivity index (χ1v) is 7.40. The van der Waals surface area contributed by atoms with Gasteiger partial charge in [-0.25, -0.2) is 0 Å². The zero-order valence-corrected chi connectivity index (χ0v) is 11.8. The van der Waals surface area contributed by atoms with Crippen molar-refractivity contribution in [1.82, 2.24) is 19.7 Å². The Kier molecular flexibility index (Phi) is 3.92. The molecule has 118 valence electrons. The third-order valence-electron chi connectivity index (χ3n) is 4.70. The smallest absolute Gasteiger partial charge is 0.330 e. The van der Waals surface area contributed by atoms with Crippen molar-refractivity contribution >= 4 is 0 Å². The van der Waals surface area contributed by atoms with Gasteiger partial charge in [0.25, 0.3) is 0 Å². The fourth-order valence-corrected chi connectivity index (χ4v) is 3.57. The number of halogens is 3. The largest absolute Gasteiger partial charge is 0.451 e. The fourth-order valence-electron chi connectivity index (χ4n) is 3.57. The molecule has 0 saturated heterocycles. The van der Waals surface area contributed by atoms with Crippen LogP contribution in [-0.2, 0) is 19.3 Å². The number of hydrogen-bond donors (Lipinski definition) is 1. The lowest BCUT2D eigenvalue weighted by Gasteiger charge is -2.31. The maximum absolute atomic E-state index is 12.8. The van der Waals surface area contributed by atoms with E-state index in [1.54, 1.807) is 0 Å². The molecular weight excluding hydrogens is 283 g/mol. The molecule has 2 N–H and O–H groups in total. The minimum Gasteiger partial charge on any atom is -0.330 e. The van der Waals surface area contributed by atoms with Crippen LogP contribution in [0.5, 0.6) is 0 Å². The Balaban J connectivity index is 1.67. The molecule has 8 heteroatoms. The molecule has 1 aromatic rings. The minimum atomic E-state index is -4.43. The lowest BCUT2D eigenvalue weighted by molar-refractivity contribution is -0.148. The Morgan fingerprint density at radius 2 is 1.90 bits per heavy atom. The first-order chi connectivity index (χ1) is 9.99. The van der Waals surface area contributed by atoms with Crippen molar-refractivity contribution in [2.75, 3.05) is 19.6 Å². The van der Waals surface area contributed by atoms with Gasteiger partial charge in [0.15, 0.2) is 0 Å². The van der Waals surface area contributed by atoms with Gasteiger partial charge in [-0.05, 0) is 31.2 Å². The van der Waals surface area contributed by atoms with E-state index in [4.69, 9.17) is 5.73 Å². The predicted molar refractivity (Wildman–Crippen MR) is 70.2 cm³/mol. The van der Waals surface area contributed by atoms with Crippen molar-refractivity contribution in [3.63, 3.8) is 0 Å². The van der Waals surface area contributed by atoms with Gasteiger partial charge in [0.1, 0.15) is 5.82 Å². The predicted octanol–water partition coefficient (Wildman–Crippen LogP) is 1.49. The zero-order valence-electron chi connectivity index (χ0n) is 11.8. The molecule has 2 aliphatic rings. The summed E-state index contributed by atoms with van der Waals surface area (Å²) in [6.07, 6.45) is -0.888. The van der Waals surface area contributed by atoms with Gasteiger partial charge in [-0.1, -0.05) is 6.42 Å². The highest BCUT2D eigenvalue weighted by atomic mass is 19.4. The number of hydrogen-bond acceptors (Lipinski definition) is 4. The quantitative estimate of drug-likeness (QED) is 0.919. The van der Waals surface area contributed by atoms with Gasteiger partial charge < -0.3 is 10.3 Å². The van der Waals surface area contributed by atoms with E-state index in [0.717, 1.165) is 6.54 Å². The zero-order chi connectivity index (χ0) is 15.0. The van der Waals surface area contributed by atoms with E-state index in [0.29, 0.717) is 43.8 Å². The summed E-state index contributed by atoms with van der Waals surface area (Å²) in [5, 5.41) is 7.02. The van der Waals surface area contributed by atoms with Crippen LogP contribution in [0.2, 0.25) is 0 Å². The number of rotatable bonds is 3. The van der Waals surface area contributed by atoms with Crippen LogP contribution < -0.4 is 5.73 Å². The molecule has 0 amide bonds. The summed E-state index contributed by atoms with van der Waals surface area (Å²) in [6.45, 7) is 2.96. The molecule has 0 aromatic carbocycles. The average Bonchev–Trinajstić information content (AvgIpc) is 3.03. The van der Waals surface area contributed by atoms with E-state index >= 15 is 0 Å². The van der Waals surface area contributed by atoms with Crippen LogP contribution >= 0.6 is 0 Å². The van der Waals surface area contributed by atoms with E-state index < -0.39 is 12.0 Å². The normalized spacial score (nSPS) is 27.0. The van der Waals surface area contributed by atoms with Gasteiger partial charge in [-0.2, -0.15) is 13.2 Å². The average molecular weight is 303 g/mol. The standard InChI is InChI=1S/C13H20F3N5/c14-13(15,16)12-19-18-11-8-20(4-5-21(11)12)7-10-3-1-2-9(10)6-17/h9-10H,1-8,17H2. The Morgan fingerprint density at radius 3 is 2.62 bits per heavy atom. The second-order valence-electron chi connectivity index (χ2n) is 6.01. The topological polar surface area (TPSA) is 60.0 Å². The monoisotopic (exact) mass is 303 g/mol. The highest BCUT2D eigenvalue weighted by molar-refractivity contribution is 5.02.